The van der Waals surface area contributed by atoms with E-state index in [2.05, 4.69) is 9.71 Å². The molecule has 19 heavy (non-hydrogen) atoms. The number of aromatic nitrogens is 1. The Morgan fingerprint density at radius 2 is 1.95 bits per heavy atom. The predicted octanol–water partition coefficient (Wildman–Crippen LogP) is -0.358. The first kappa shape index (κ1) is 14.0. The topological polar surface area (TPSA) is 128 Å². The molecule has 1 heterocycles. The van der Waals surface area contributed by atoms with Crippen molar-refractivity contribution >= 4 is 25.9 Å². The molecule has 0 spiro atoms. The molecule has 1 fully saturated rings. The Balaban J connectivity index is 2.41. The highest BCUT2D eigenvalue weighted by atomic mass is 32.2. The number of hydrogen-bond donors (Lipinski definition) is 2. The molecule has 0 aromatic carbocycles. The van der Waals surface area contributed by atoms with Gasteiger partial charge in [0.05, 0.1) is 12.4 Å². The number of nitrogens with zero attached hydrogens (tertiary/aromatic N) is 1. The van der Waals surface area contributed by atoms with E-state index in [0.717, 1.165) is 19.1 Å². The Morgan fingerprint density at radius 3 is 2.42 bits per heavy atom. The second-order valence-corrected chi connectivity index (χ2v) is 7.52. The van der Waals surface area contributed by atoms with Crippen molar-refractivity contribution < 1.29 is 21.6 Å². The summed E-state index contributed by atoms with van der Waals surface area (Å²) in [6.07, 6.45) is 2.71. The lowest BCUT2D eigenvalue weighted by atomic mass is 10.4. The maximum absolute atomic E-state index is 11.3. The van der Waals surface area contributed by atoms with Gasteiger partial charge in [-0.15, -0.1) is 0 Å². The lowest BCUT2D eigenvalue weighted by Crippen LogP contribution is -2.17. The van der Waals surface area contributed by atoms with Gasteiger partial charge >= 0.3 is 0 Å². The van der Waals surface area contributed by atoms with Gasteiger partial charge in [-0.1, -0.05) is 0 Å². The van der Waals surface area contributed by atoms with Gasteiger partial charge in [-0.2, -0.15) is 0 Å². The van der Waals surface area contributed by atoms with Crippen LogP contribution in [0.2, 0.25) is 0 Å². The number of hydrogen-bond acceptors (Lipinski definition) is 6. The standard InChI is InChI=1S/C9H13N3O5S2/c1-18(13,14)12-8-4-7(17-6-2-3-6)5-9(11-8)19(10,15)16/h4-6H,2-3H2,1H3,(H,11,12)(H2,10,15,16). The highest BCUT2D eigenvalue weighted by Gasteiger charge is 2.25. The fourth-order valence-corrected chi connectivity index (χ4v) is 2.31. The number of nitrogens with two attached hydrogens (primary N) is 1. The molecule has 1 aromatic rings. The molecule has 3 N–H and O–H groups in total. The van der Waals surface area contributed by atoms with Gasteiger partial charge in [0.2, 0.25) is 10.0 Å². The molecule has 1 aliphatic rings. The third kappa shape index (κ3) is 4.33. The number of ether oxygens (including phenoxy) is 1. The maximum atomic E-state index is 11.3. The van der Waals surface area contributed by atoms with Crippen LogP contribution in [0.4, 0.5) is 5.82 Å². The fraction of sp³-hybridized carbons (Fsp3) is 0.444. The van der Waals surface area contributed by atoms with Crippen molar-refractivity contribution in [2.75, 3.05) is 11.0 Å². The van der Waals surface area contributed by atoms with Gasteiger partial charge in [0.1, 0.15) is 11.6 Å². The van der Waals surface area contributed by atoms with Crippen molar-refractivity contribution in [3.8, 4) is 5.75 Å². The molecular weight excluding hydrogens is 294 g/mol. The van der Waals surface area contributed by atoms with Gasteiger partial charge in [0, 0.05) is 12.1 Å². The summed E-state index contributed by atoms with van der Waals surface area (Å²) in [5.41, 5.74) is 0. The van der Waals surface area contributed by atoms with Crippen LogP contribution in [0, 0.1) is 0 Å². The van der Waals surface area contributed by atoms with Crippen LogP contribution in [-0.2, 0) is 20.0 Å². The predicted molar refractivity (Wildman–Crippen MR) is 67.7 cm³/mol. The first-order valence-corrected chi connectivity index (χ1v) is 8.76. The van der Waals surface area contributed by atoms with Crippen LogP contribution in [0.5, 0.6) is 5.75 Å². The molecule has 2 rings (SSSR count). The van der Waals surface area contributed by atoms with Crippen molar-refractivity contribution in [3.63, 3.8) is 0 Å². The third-order valence-electron chi connectivity index (χ3n) is 2.18. The highest BCUT2D eigenvalue weighted by molar-refractivity contribution is 7.92. The van der Waals surface area contributed by atoms with Crippen LogP contribution in [0.3, 0.4) is 0 Å². The summed E-state index contributed by atoms with van der Waals surface area (Å²) in [5.74, 6) is 0.0670. The van der Waals surface area contributed by atoms with Gasteiger partial charge in [0.25, 0.3) is 10.0 Å². The van der Waals surface area contributed by atoms with Crippen LogP contribution in [-0.4, -0.2) is 34.2 Å². The average molecular weight is 307 g/mol. The number of anilines is 1. The largest absolute Gasteiger partial charge is 0.490 e. The SMILES string of the molecule is CS(=O)(=O)Nc1cc(OC2CC2)cc(S(N)(=O)=O)n1. The molecule has 1 saturated carbocycles. The molecule has 0 atom stereocenters. The Bertz CT molecular complexity index is 695. The Hall–Kier alpha value is -1.39. The fourth-order valence-electron chi connectivity index (χ4n) is 1.32. The molecule has 0 unspecified atom stereocenters. The molecule has 0 bridgehead atoms. The summed E-state index contributed by atoms with van der Waals surface area (Å²) < 4.78 is 52.4. The van der Waals surface area contributed by atoms with Crippen LogP contribution >= 0.6 is 0 Å². The molecule has 1 aromatic heterocycles. The monoisotopic (exact) mass is 307 g/mol. The number of pyridine rings is 1. The van der Waals surface area contributed by atoms with Crippen molar-refractivity contribution in [1.29, 1.82) is 0 Å². The second kappa shape index (κ2) is 4.62. The minimum Gasteiger partial charge on any atom is -0.490 e. The molecule has 0 radical (unpaired) electrons. The summed E-state index contributed by atoms with van der Waals surface area (Å²) in [5, 5.41) is 4.53. The molecule has 0 aliphatic heterocycles. The molecule has 1 aliphatic carbocycles. The van der Waals surface area contributed by atoms with E-state index in [-0.39, 0.29) is 17.7 Å². The quantitative estimate of drug-likeness (QED) is 0.764. The summed E-state index contributed by atoms with van der Waals surface area (Å²) in [6, 6.07) is 2.48. The number of nitrogens with one attached hydrogen (secondary N) is 1. The van der Waals surface area contributed by atoms with E-state index >= 15 is 0 Å². The normalized spacial score (nSPS) is 16.1. The lowest BCUT2D eigenvalue weighted by molar-refractivity contribution is 0.302. The lowest BCUT2D eigenvalue weighted by Gasteiger charge is -2.09. The van der Waals surface area contributed by atoms with E-state index in [0.29, 0.717) is 0 Å². The van der Waals surface area contributed by atoms with Crippen molar-refractivity contribution in [3.05, 3.63) is 12.1 Å². The molecule has 8 nitrogen and oxygen atoms in total. The minimum atomic E-state index is -4.04. The van der Waals surface area contributed by atoms with E-state index in [1.165, 1.54) is 12.1 Å². The zero-order valence-corrected chi connectivity index (χ0v) is 11.7. The van der Waals surface area contributed by atoms with E-state index in [1.807, 2.05) is 0 Å². The summed E-state index contributed by atoms with van der Waals surface area (Å²) >= 11 is 0. The van der Waals surface area contributed by atoms with Gasteiger partial charge in [-0.3, -0.25) is 4.72 Å². The zero-order chi connectivity index (χ0) is 14.3. The maximum Gasteiger partial charge on any atom is 0.255 e. The van der Waals surface area contributed by atoms with E-state index < -0.39 is 25.1 Å². The van der Waals surface area contributed by atoms with Crippen molar-refractivity contribution in [2.24, 2.45) is 5.14 Å². The van der Waals surface area contributed by atoms with Gasteiger partial charge in [0.15, 0.2) is 5.03 Å². The van der Waals surface area contributed by atoms with Crippen LogP contribution in [0.1, 0.15) is 12.8 Å². The second-order valence-electron chi connectivity index (χ2n) is 4.26. The van der Waals surface area contributed by atoms with E-state index in [9.17, 15) is 16.8 Å². The molecule has 10 heteroatoms. The van der Waals surface area contributed by atoms with Crippen molar-refractivity contribution in [2.45, 2.75) is 24.0 Å². The summed E-state index contributed by atoms with van der Waals surface area (Å²) in [4.78, 5) is 3.63. The smallest absolute Gasteiger partial charge is 0.255 e. The van der Waals surface area contributed by atoms with Gasteiger partial charge < -0.3 is 4.74 Å². The van der Waals surface area contributed by atoms with Crippen LogP contribution < -0.4 is 14.6 Å². The molecule has 0 amide bonds. The first-order chi connectivity index (χ1) is 8.63. The first-order valence-electron chi connectivity index (χ1n) is 5.33. The van der Waals surface area contributed by atoms with Crippen molar-refractivity contribution in [1.82, 2.24) is 4.98 Å². The summed E-state index contributed by atoms with van der Waals surface area (Å²) in [6.45, 7) is 0. The zero-order valence-electron chi connectivity index (χ0n) is 10.0. The number of rotatable bonds is 5. The van der Waals surface area contributed by atoms with Gasteiger partial charge in [-0.05, 0) is 12.8 Å². The molecular formula is C9H13N3O5S2. The number of sulfonamides is 2. The Labute approximate surface area is 111 Å². The van der Waals surface area contributed by atoms with E-state index in [1.54, 1.807) is 0 Å². The van der Waals surface area contributed by atoms with Gasteiger partial charge in [-0.25, -0.2) is 27.0 Å². The minimum absolute atomic E-state index is 0.0295. The Morgan fingerprint density at radius 1 is 1.32 bits per heavy atom. The Kier molecular flexibility index (Phi) is 3.41. The van der Waals surface area contributed by atoms with Crippen LogP contribution in [0.15, 0.2) is 17.2 Å². The molecule has 106 valence electrons. The van der Waals surface area contributed by atoms with E-state index in [4.69, 9.17) is 9.88 Å². The average Bonchev–Trinajstić information content (AvgIpc) is 2.96. The highest BCUT2D eigenvalue weighted by Crippen LogP contribution is 2.29. The molecule has 0 saturated heterocycles. The van der Waals surface area contributed by atoms with Crippen LogP contribution in [0.25, 0.3) is 0 Å². The third-order valence-corrected chi connectivity index (χ3v) is 3.56. The summed E-state index contributed by atoms with van der Waals surface area (Å²) in [7, 11) is -7.62. The number of primary sulfonamides is 1.